The molecular formula is C23H28ClNO4. The van der Waals surface area contributed by atoms with Crippen molar-refractivity contribution in [2.45, 2.75) is 70.9 Å². The highest BCUT2D eigenvalue weighted by Gasteiger charge is 2.28. The van der Waals surface area contributed by atoms with Crippen LogP contribution < -0.4 is 5.32 Å². The Bertz CT molecular complexity index is 896. The number of aliphatic hydroxyl groups excluding tert-OH is 1. The smallest absolute Gasteiger partial charge is 0.255 e. The molecule has 0 aliphatic heterocycles. The van der Waals surface area contributed by atoms with Crippen LogP contribution in [0.4, 0.5) is 0 Å². The molecule has 2 N–H and O–H groups in total. The number of halogens is 1. The number of hydrogen-bond donors (Lipinski definition) is 2. The number of Topliss-reactive ketones (excluding diaryl/α,β-unsaturated/α-hetero) is 1. The third-order valence-corrected chi connectivity index (χ3v) is 6.13. The molecule has 6 heteroatoms. The molecule has 0 bridgehead atoms. The van der Waals surface area contributed by atoms with Gasteiger partial charge in [0.25, 0.3) is 5.91 Å². The minimum absolute atomic E-state index is 0.0168. The Balaban J connectivity index is 1.90. The van der Waals surface area contributed by atoms with Crippen LogP contribution in [-0.2, 0) is 0 Å². The Hall–Kier alpha value is -2.11. The van der Waals surface area contributed by atoms with E-state index < -0.39 is 0 Å². The quantitative estimate of drug-likeness (QED) is 0.647. The molecule has 2 aromatic rings. The average molecular weight is 418 g/mol. The lowest BCUT2D eigenvalue weighted by atomic mass is 9.92. The van der Waals surface area contributed by atoms with Crippen LogP contribution in [0.5, 0.6) is 0 Å². The van der Waals surface area contributed by atoms with Gasteiger partial charge in [-0.3, -0.25) is 9.59 Å². The van der Waals surface area contributed by atoms with Crippen LogP contribution in [0, 0.1) is 6.92 Å². The predicted octanol–water partition coefficient (Wildman–Crippen LogP) is 5.02. The zero-order valence-corrected chi connectivity index (χ0v) is 17.9. The highest BCUT2D eigenvalue weighted by molar-refractivity contribution is 6.31. The van der Waals surface area contributed by atoms with Gasteiger partial charge < -0.3 is 14.8 Å². The number of aryl methyl sites for hydroxylation is 1. The fourth-order valence-electron chi connectivity index (χ4n) is 3.73. The molecule has 1 aromatic carbocycles. The van der Waals surface area contributed by atoms with Crippen LogP contribution in [0.1, 0.15) is 89.7 Å². The fraction of sp³-hybridized carbons (Fsp3) is 0.478. The van der Waals surface area contributed by atoms with E-state index in [1.807, 2.05) is 32.0 Å². The predicted molar refractivity (Wildman–Crippen MR) is 113 cm³/mol. The Morgan fingerprint density at radius 1 is 1.24 bits per heavy atom. The van der Waals surface area contributed by atoms with Crippen molar-refractivity contribution in [1.29, 1.82) is 0 Å². The van der Waals surface area contributed by atoms with Gasteiger partial charge in [-0.15, -0.1) is 0 Å². The summed E-state index contributed by atoms with van der Waals surface area (Å²) < 4.78 is 5.89. The molecule has 1 amide bonds. The number of furan rings is 1. The van der Waals surface area contributed by atoms with Crippen LogP contribution in [0.15, 0.2) is 28.7 Å². The van der Waals surface area contributed by atoms with Crippen LogP contribution in [-0.4, -0.2) is 28.9 Å². The molecule has 1 fully saturated rings. The Morgan fingerprint density at radius 3 is 2.55 bits per heavy atom. The largest absolute Gasteiger partial charge is 0.456 e. The van der Waals surface area contributed by atoms with Gasteiger partial charge in [0.2, 0.25) is 0 Å². The minimum Gasteiger partial charge on any atom is -0.456 e. The molecule has 3 rings (SSSR count). The number of rotatable bonds is 6. The van der Waals surface area contributed by atoms with E-state index in [4.69, 9.17) is 16.0 Å². The van der Waals surface area contributed by atoms with E-state index in [9.17, 15) is 14.7 Å². The third-order valence-electron chi connectivity index (χ3n) is 5.72. The molecule has 1 saturated carbocycles. The number of benzene rings is 1. The maximum atomic E-state index is 13.0. The summed E-state index contributed by atoms with van der Waals surface area (Å²) in [5.74, 6) is 0.0536. The number of amides is 1. The van der Waals surface area contributed by atoms with E-state index in [1.54, 1.807) is 13.0 Å². The van der Waals surface area contributed by atoms with Crippen molar-refractivity contribution in [2.75, 3.05) is 0 Å². The van der Waals surface area contributed by atoms with Crippen molar-refractivity contribution in [1.82, 2.24) is 5.32 Å². The molecular weight excluding hydrogens is 390 g/mol. The molecule has 1 aromatic heterocycles. The molecule has 156 valence electrons. The fourth-order valence-corrected chi connectivity index (χ4v) is 3.92. The second-order valence-electron chi connectivity index (χ2n) is 7.87. The lowest BCUT2D eigenvalue weighted by Gasteiger charge is -2.26. The highest BCUT2D eigenvalue weighted by atomic mass is 35.5. The van der Waals surface area contributed by atoms with Gasteiger partial charge in [-0.2, -0.15) is 0 Å². The number of carbonyl (C=O) groups excluding carboxylic acids is 2. The summed E-state index contributed by atoms with van der Waals surface area (Å²) >= 11 is 6.28. The molecule has 1 heterocycles. The van der Waals surface area contributed by atoms with Crippen LogP contribution in [0.3, 0.4) is 0 Å². The van der Waals surface area contributed by atoms with Gasteiger partial charge >= 0.3 is 0 Å². The Morgan fingerprint density at radius 2 is 1.93 bits per heavy atom. The van der Waals surface area contributed by atoms with Gasteiger partial charge in [-0.1, -0.05) is 37.6 Å². The molecule has 0 saturated heterocycles. The van der Waals surface area contributed by atoms with Gasteiger partial charge in [0.05, 0.1) is 11.7 Å². The van der Waals surface area contributed by atoms with E-state index in [2.05, 4.69) is 5.32 Å². The monoisotopic (exact) mass is 417 g/mol. The maximum absolute atomic E-state index is 13.0. The third kappa shape index (κ3) is 4.90. The maximum Gasteiger partial charge on any atom is 0.255 e. The van der Waals surface area contributed by atoms with Crippen LogP contribution >= 0.6 is 11.6 Å². The first-order valence-electron chi connectivity index (χ1n) is 10.2. The lowest BCUT2D eigenvalue weighted by Crippen LogP contribution is -2.38. The van der Waals surface area contributed by atoms with Gasteiger partial charge in [-0.05, 0) is 49.8 Å². The van der Waals surface area contributed by atoms with Crippen molar-refractivity contribution < 1.29 is 19.1 Å². The summed E-state index contributed by atoms with van der Waals surface area (Å²) in [7, 11) is 0. The summed E-state index contributed by atoms with van der Waals surface area (Å²) in [6.45, 7) is 5.64. The second kappa shape index (κ2) is 9.14. The lowest BCUT2D eigenvalue weighted by molar-refractivity contribution is 0.0865. The summed E-state index contributed by atoms with van der Waals surface area (Å²) in [5, 5.41) is 13.4. The molecule has 1 atom stereocenters. The summed E-state index contributed by atoms with van der Waals surface area (Å²) in [4.78, 5) is 25.2. The number of aliphatic hydroxyl groups is 1. The SMILES string of the molecule is CCC(=O)c1cc(C(=O)NC2CCC(O)CC2)c([C@@H](C)c2ccc(C)c(Cl)c2)o1. The number of nitrogens with one attached hydrogen (secondary N) is 1. The first-order chi connectivity index (χ1) is 13.8. The molecule has 0 radical (unpaired) electrons. The van der Waals surface area contributed by atoms with Gasteiger partial charge in [0.15, 0.2) is 11.5 Å². The van der Waals surface area contributed by atoms with E-state index in [0.717, 1.165) is 24.0 Å². The van der Waals surface area contributed by atoms with E-state index >= 15 is 0 Å². The van der Waals surface area contributed by atoms with Crippen LogP contribution in [0.25, 0.3) is 0 Å². The van der Waals surface area contributed by atoms with Crippen molar-refractivity contribution in [3.63, 3.8) is 0 Å². The first-order valence-corrected chi connectivity index (χ1v) is 10.6. The standard InChI is InChI=1S/C23H28ClNO4/c1-4-20(27)21-12-18(23(28)25-16-7-9-17(26)10-8-16)22(29-21)14(3)15-6-5-13(2)19(24)11-15/h5-6,11-12,14,16-17,26H,4,7-10H2,1-3H3,(H,25,28)/t14-,16?,17?/m0/s1. The zero-order chi connectivity index (χ0) is 21.1. The Kier molecular flexibility index (Phi) is 6.81. The average Bonchev–Trinajstić information content (AvgIpc) is 3.16. The molecule has 1 aliphatic rings. The minimum atomic E-state index is -0.285. The van der Waals surface area contributed by atoms with Gasteiger partial charge in [-0.25, -0.2) is 0 Å². The van der Waals surface area contributed by atoms with Crippen LogP contribution in [0.2, 0.25) is 5.02 Å². The van der Waals surface area contributed by atoms with E-state index in [1.165, 1.54) is 0 Å². The highest BCUT2D eigenvalue weighted by Crippen LogP contribution is 2.32. The molecule has 0 unspecified atom stereocenters. The summed E-state index contributed by atoms with van der Waals surface area (Å²) in [6.07, 6.45) is 2.86. The van der Waals surface area contributed by atoms with Crippen molar-refractivity contribution in [3.05, 3.63) is 57.5 Å². The van der Waals surface area contributed by atoms with E-state index in [-0.39, 0.29) is 35.5 Å². The second-order valence-corrected chi connectivity index (χ2v) is 8.28. The molecule has 5 nitrogen and oxygen atoms in total. The van der Waals surface area contributed by atoms with Crippen molar-refractivity contribution >= 4 is 23.3 Å². The summed E-state index contributed by atoms with van der Waals surface area (Å²) in [5.41, 5.74) is 2.28. The number of ketones is 1. The van der Waals surface area contributed by atoms with Gasteiger partial charge in [0, 0.05) is 29.5 Å². The topological polar surface area (TPSA) is 79.5 Å². The molecule has 1 aliphatic carbocycles. The first kappa shape index (κ1) is 21.6. The van der Waals surface area contributed by atoms with E-state index in [0.29, 0.717) is 35.6 Å². The van der Waals surface area contributed by atoms with Crippen molar-refractivity contribution in [2.24, 2.45) is 0 Å². The van der Waals surface area contributed by atoms with Crippen molar-refractivity contribution in [3.8, 4) is 0 Å². The molecule has 0 spiro atoms. The Labute approximate surface area is 176 Å². The summed E-state index contributed by atoms with van der Waals surface area (Å²) in [6, 6.07) is 7.33. The number of hydrogen-bond acceptors (Lipinski definition) is 4. The van der Waals surface area contributed by atoms with Gasteiger partial charge in [0.1, 0.15) is 5.76 Å². The zero-order valence-electron chi connectivity index (χ0n) is 17.1. The normalized spacial score (nSPS) is 20.3. The number of carbonyl (C=O) groups is 2. The molecule has 29 heavy (non-hydrogen) atoms.